The number of nitrogens with zero attached hydrogens (tertiary/aromatic N) is 1. The Kier molecular flexibility index (Phi) is 2.62. The van der Waals surface area contributed by atoms with Gasteiger partial charge in [0.2, 0.25) is 5.76 Å². The van der Waals surface area contributed by atoms with Gasteiger partial charge >= 0.3 is 0 Å². The Hall–Kier alpha value is -1.36. The minimum absolute atomic E-state index is 0.0835. The van der Waals surface area contributed by atoms with E-state index in [0.717, 1.165) is 0 Å². The molecule has 0 saturated heterocycles. The number of aliphatic hydroxyl groups excluding tert-OH is 1. The Morgan fingerprint density at radius 3 is 3.18 bits per heavy atom. The summed E-state index contributed by atoms with van der Waals surface area (Å²) in [5, 5.41) is 14.1. The highest BCUT2D eigenvalue weighted by molar-refractivity contribution is 5.91. The maximum absolute atomic E-state index is 10.9. The zero-order chi connectivity index (χ0) is 8.10. The smallest absolute Gasteiger partial charge is 0.289 e. The minimum atomic E-state index is -0.364. The third-order valence-electron chi connectivity index (χ3n) is 1.06. The van der Waals surface area contributed by atoms with Crippen molar-refractivity contribution < 1.29 is 14.4 Å². The first-order valence-electron chi connectivity index (χ1n) is 3.14. The number of rotatable bonds is 3. The van der Waals surface area contributed by atoms with Crippen LogP contribution in [-0.2, 0) is 0 Å². The summed E-state index contributed by atoms with van der Waals surface area (Å²) < 4.78 is 4.55. The van der Waals surface area contributed by atoms with E-state index in [1.165, 1.54) is 12.3 Å². The highest BCUT2D eigenvalue weighted by Crippen LogP contribution is 1.94. The van der Waals surface area contributed by atoms with Crippen molar-refractivity contribution in [3.63, 3.8) is 0 Å². The first-order valence-corrected chi connectivity index (χ1v) is 3.14. The molecule has 0 aromatic carbocycles. The van der Waals surface area contributed by atoms with Gasteiger partial charge in [0, 0.05) is 12.6 Å². The Labute approximate surface area is 63.0 Å². The van der Waals surface area contributed by atoms with Gasteiger partial charge in [-0.2, -0.15) is 0 Å². The van der Waals surface area contributed by atoms with Crippen LogP contribution in [0.1, 0.15) is 10.6 Å². The lowest BCUT2D eigenvalue weighted by molar-refractivity contribution is 0.0908. The molecule has 11 heavy (non-hydrogen) atoms. The molecule has 0 aliphatic heterocycles. The molecule has 5 nitrogen and oxygen atoms in total. The van der Waals surface area contributed by atoms with Crippen molar-refractivity contribution in [1.82, 2.24) is 10.5 Å². The maximum Gasteiger partial charge on any atom is 0.289 e. The van der Waals surface area contributed by atoms with E-state index in [1.54, 1.807) is 0 Å². The van der Waals surface area contributed by atoms with Crippen LogP contribution in [0.3, 0.4) is 0 Å². The fraction of sp³-hybridized carbons (Fsp3) is 0.333. The molecule has 2 N–H and O–H groups in total. The van der Waals surface area contributed by atoms with Crippen molar-refractivity contribution in [1.29, 1.82) is 0 Å². The van der Waals surface area contributed by atoms with Gasteiger partial charge in [-0.15, -0.1) is 0 Å². The Morgan fingerprint density at radius 1 is 1.82 bits per heavy atom. The largest absolute Gasteiger partial charge is 0.395 e. The lowest BCUT2D eigenvalue weighted by Crippen LogP contribution is -2.25. The SMILES string of the molecule is O=C(NCCO)c1ccno1. The quantitative estimate of drug-likeness (QED) is 0.612. The first-order chi connectivity index (χ1) is 5.34. The number of amides is 1. The van der Waals surface area contributed by atoms with Crippen LogP contribution in [0.25, 0.3) is 0 Å². The van der Waals surface area contributed by atoms with E-state index in [9.17, 15) is 4.79 Å². The lowest BCUT2D eigenvalue weighted by Gasteiger charge is -1.96. The summed E-state index contributed by atoms with van der Waals surface area (Å²) >= 11 is 0. The summed E-state index contributed by atoms with van der Waals surface area (Å²) in [6, 6.07) is 1.45. The van der Waals surface area contributed by atoms with Gasteiger partial charge in [0.1, 0.15) is 0 Å². The van der Waals surface area contributed by atoms with E-state index in [2.05, 4.69) is 15.0 Å². The third kappa shape index (κ3) is 2.05. The van der Waals surface area contributed by atoms with E-state index in [4.69, 9.17) is 5.11 Å². The number of aromatic nitrogens is 1. The molecule has 60 valence electrons. The highest BCUT2D eigenvalue weighted by Gasteiger charge is 2.06. The van der Waals surface area contributed by atoms with Crippen LogP contribution in [0.15, 0.2) is 16.8 Å². The number of aliphatic hydroxyl groups is 1. The Morgan fingerprint density at radius 2 is 2.64 bits per heavy atom. The number of carbonyl (C=O) groups is 1. The molecule has 0 aliphatic rings. The fourth-order valence-electron chi connectivity index (χ4n) is 0.589. The third-order valence-corrected chi connectivity index (χ3v) is 1.06. The number of nitrogens with one attached hydrogen (secondary N) is 1. The maximum atomic E-state index is 10.9. The topological polar surface area (TPSA) is 75.4 Å². The van der Waals surface area contributed by atoms with Crippen molar-refractivity contribution in [2.24, 2.45) is 0 Å². The summed E-state index contributed by atoms with van der Waals surface area (Å²) in [4.78, 5) is 10.9. The standard InChI is InChI=1S/C6H8N2O3/c9-4-3-7-6(10)5-1-2-8-11-5/h1-2,9H,3-4H2,(H,7,10). The molecule has 0 bridgehead atoms. The van der Waals surface area contributed by atoms with E-state index in [0.29, 0.717) is 0 Å². The second-order valence-electron chi connectivity index (χ2n) is 1.86. The number of carbonyl (C=O) groups excluding carboxylic acids is 1. The van der Waals surface area contributed by atoms with Crippen molar-refractivity contribution in [3.8, 4) is 0 Å². The molecule has 0 fully saturated rings. The molecule has 1 aromatic heterocycles. The van der Waals surface area contributed by atoms with Crippen LogP contribution in [-0.4, -0.2) is 29.3 Å². The summed E-state index contributed by atoms with van der Waals surface area (Å²) in [6.07, 6.45) is 1.38. The van der Waals surface area contributed by atoms with Crippen LogP contribution in [0.2, 0.25) is 0 Å². The highest BCUT2D eigenvalue weighted by atomic mass is 16.5. The molecule has 0 atom stereocenters. The average Bonchev–Trinajstić information content (AvgIpc) is 2.52. The van der Waals surface area contributed by atoms with Gasteiger partial charge in [0.25, 0.3) is 5.91 Å². The molecule has 0 saturated carbocycles. The average molecular weight is 156 g/mol. The zero-order valence-corrected chi connectivity index (χ0v) is 5.78. The normalized spacial score (nSPS) is 9.55. The van der Waals surface area contributed by atoms with E-state index >= 15 is 0 Å². The minimum Gasteiger partial charge on any atom is -0.395 e. The second kappa shape index (κ2) is 3.72. The van der Waals surface area contributed by atoms with Crippen molar-refractivity contribution in [3.05, 3.63) is 18.0 Å². The summed E-state index contributed by atoms with van der Waals surface area (Å²) in [5.41, 5.74) is 0. The molecule has 1 rings (SSSR count). The Bertz CT molecular complexity index is 220. The fourth-order valence-corrected chi connectivity index (χ4v) is 0.589. The van der Waals surface area contributed by atoms with Crippen molar-refractivity contribution in [2.45, 2.75) is 0 Å². The van der Waals surface area contributed by atoms with Gasteiger partial charge in [0.05, 0.1) is 12.8 Å². The molecule has 1 amide bonds. The molecular formula is C6H8N2O3. The van der Waals surface area contributed by atoms with E-state index in [1.807, 2.05) is 0 Å². The van der Waals surface area contributed by atoms with Crippen molar-refractivity contribution >= 4 is 5.91 Å². The monoisotopic (exact) mass is 156 g/mol. The van der Waals surface area contributed by atoms with Gasteiger partial charge in [-0.25, -0.2) is 0 Å². The van der Waals surface area contributed by atoms with Gasteiger partial charge in [-0.1, -0.05) is 5.16 Å². The zero-order valence-electron chi connectivity index (χ0n) is 5.78. The molecule has 0 radical (unpaired) electrons. The van der Waals surface area contributed by atoms with Gasteiger partial charge in [0.15, 0.2) is 0 Å². The van der Waals surface area contributed by atoms with Gasteiger partial charge in [-0.05, 0) is 0 Å². The van der Waals surface area contributed by atoms with Crippen LogP contribution in [0.4, 0.5) is 0 Å². The second-order valence-corrected chi connectivity index (χ2v) is 1.86. The summed E-state index contributed by atoms with van der Waals surface area (Å²) in [6.45, 7) is 0.138. The molecule has 1 heterocycles. The number of hydrogen-bond acceptors (Lipinski definition) is 4. The predicted octanol–water partition coefficient (Wildman–Crippen LogP) is -0.603. The molecule has 5 heteroatoms. The van der Waals surface area contributed by atoms with E-state index < -0.39 is 0 Å². The first kappa shape index (κ1) is 7.74. The van der Waals surface area contributed by atoms with E-state index in [-0.39, 0.29) is 24.8 Å². The lowest BCUT2D eigenvalue weighted by atomic mass is 10.4. The molecule has 1 aromatic rings. The van der Waals surface area contributed by atoms with Gasteiger partial charge in [-0.3, -0.25) is 4.79 Å². The summed E-state index contributed by atoms with van der Waals surface area (Å²) in [7, 11) is 0. The summed E-state index contributed by atoms with van der Waals surface area (Å²) in [5.74, 6) is -0.213. The molecule has 0 spiro atoms. The van der Waals surface area contributed by atoms with Crippen LogP contribution < -0.4 is 5.32 Å². The Balaban J connectivity index is 2.43. The van der Waals surface area contributed by atoms with Crippen LogP contribution in [0, 0.1) is 0 Å². The van der Waals surface area contributed by atoms with Crippen LogP contribution >= 0.6 is 0 Å². The van der Waals surface area contributed by atoms with Gasteiger partial charge < -0.3 is 14.9 Å². The number of hydrogen-bond donors (Lipinski definition) is 2. The predicted molar refractivity (Wildman–Crippen MR) is 35.9 cm³/mol. The van der Waals surface area contributed by atoms with Crippen LogP contribution in [0.5, 0.6) is 0 Å². The molecule has 0 aliphatic carbocycles. The van der Waals surface area contributed by atoms with Crippen molar-refractivity contribution in [2.75, 3.05) is 13.2 Å². The molecule has 0 unspecified atom stereocenters. The molecular weight excluding hydrogens is 148 g/mol.